The molecule has 4 aromatic carbocycles. The third kappa shape index (κ3) is 5.52. The second-order valence-electron chi connectivity index (χ2n) is 9.00. The summed E-state index contributed by atoms with van der Waals surface area (Å²) in [6, 6.07) is 9.36. The molecule has 0 atom stereocenters. The van der Waals surface area contributed by atoms with Crippen LogP contribution in [0, 0.1) is 0 Å². The van der Waals surface area contributed by atoms with Crippen molar-refractivity contribution in [1.29, 1.82) is 0 Å². The van der Waals surface area contributed by atoms with Gasteiger partial charge < -0.3 is 18.9 Å². The zero-order valence-electron chi connectivity index (χ0n) is 21.6. The van der Waals surface area contributed by atoms with Gasteiger partial charge in [-0.3, -0.25) is 0 Å². The van der Waals surface area contributed by atoms with Crippen molar-refractivity contribution in [3.63, 3.8) is 0 Å². The van der Waals surface area contributed by atoms with E-state index in [1.165, 1.54) is 38.5 Å². The highest BCUT2D eigenvalue weighted by molar-refractivity contribution is 6.10. The second-order valence-corrected chi connectivity index (χ2v) is 9.00. The van der Waals surface area contributed by atoms with Gasteiger partial charge in [0.15, 0.2) is 13.6 Å². The lowest BCUT2D eigenvalue weighted by Gasteiger charge is -2.23. The molecule has 0 amide bonds. The first-order valence-corrected chi connectivity index (χ1v) is 11.8. The molecular formula is C28H20F10O4. The van der Waals surface area contributed by atoms with Crippen LogP contribution < -0.4 is 9.47 Å². The molecule has 0 aliphatic rings. The normalized spacial score (nSPS) is 13.1. The summed E-state index contributed by atoms with van der Waals surface area (Å²) in [6.45, 7) is -0.687. The van der Waals surface area contributed by atoms with Crippen LogP contribution >= 0.6 is 0 Å². The summed E-state index contributed by atoms with van der Waals surface area (Å²) in [5, 5.41) is -0.0354. The number of ether oxygens (including phenoxy) is 4. The van der Waals surface area contributed by atoms with Crippen molar-refractivity contribution in [1.82, 2.24) is 0 Å². The lowest BCUT2D eigenvalue weighted by atomic mass is 9.90. The first-order valence-electron chi connectivity index (χ1n) is 11.8. The van der Waals surface area contributed by atoms with Gasteiger partial charge in [-0.2, -0.15) is 43.9 Å². The summed E-state index contributed by atoms with van der Waals surface area (Å²) in [4.78, 5) is 0. The number of hydrogen-bond donors (Lipinski definition) is 0. The standard InChI is InChI=1S/C28H20F10O4/c1-39-13-41-21-9-3-15-11-17(25(29,30)27(33,34)35)5-7-19(15)23(21)24-20-8-6-18(26(31,32)28(36,37)38)12-16(20)4-10-22(24)42-14-40-2/h3-12H,13-14H2,1-2H3. The quantitative estimate of drug-likeness (QED) is 0.140. The molecule has 0 spiro atoms. The van der Waals surface area contributed by atoms with Gasteiger partial charge in [0.2, 0.25) is 0 Å². The Hall–Kier alpha value is -3.78. The Morgan fingerprint density at radius 1 is 0.500 bits per heavy atom. The molecule has 226 valence electrons. The summed E-state index contributed by atoms with van der Waals surface area (Å²) >= 11 is 0. The van der Waals surface area contributed by atoms with Crippen molar-refractivity contribution in [3.8, 4) is 22.6 Å². The van der Waals surface area contributed by atoms with Gasteiger partial charge in [-0.25, -0.2) is 0 Å². The SMILES string of the molecule is COCOc1ccc2cc(C(F)(F)C(F)(F)F)ccc2c1-c1c(OCOC)ccc2cc(C(F)(F)C(F)(F)F)ccc12. The molecule has 0 aliphatic carbocycles. The van der Waals surface area contributed by atoms with Gasteiger partial charge in [-0.05, 0) is 45.8 Å². The number of rotatable bonds is 9. The number of benzene rings is 4. The van der Waals surface area contributed by atoms with E-state index in [0.717, 1.165) is 12.1 Å². The molecule has 0 N–H and O–H groups in total. The van der Waals surface area contributed by atoms with E-state index in [4.69, 9.17) is 18.9 Å². The van der Waals surface area contributed by atoms with Crippen LogP contribution in [0.5, 0.6) is 11.5 Å². The Morgan fingerprint density at radius 3 is 1.17 bits per heavy atom. The van der Waals surface area contributed by atoms with Crippen LogP contribution in [0.3, 0.4) is 0 Å². The molecule has 4 aromatic rings. The fourth-order valence-electron chi connectivity index (χ4n) is 4.34. The van der Waals surface area contributed by atoms with E-state index in [1.807, 2.05) is 0 Å². The molecule has 0 heterocycles. The fourth-order valence-corrected chi connectivity index (χ4v) is 4.34. The Morgan fingerprint density at radius 2 is 0.857 bits per heavy atom. The maximum Gasteiger partial charge on any atom is 0.458 e. The number of fused-ring (bicyclic) bond motifs is 2. The highest BCUT2D eigenvalue weighted by Crippen LogP contribution is 2.50. The summed E-state index contributed by atoms with van der Waals surface area (Å²) in [5.41, 5.74) is -2.57. The van der Waals surface area contributed by atoms with Crippen LogP contribution in [0.15, 0.2) is 60.7 Å². The van der Waals surface area contributed by atoms with Crippen molar-refractivity contribution in [2.24, 2.45) is 0 Å². The minimum absolute atomic E-state index is 0.0131. The van der Waals surface area contributed by atoms with Gasteiger partial charge in [-0.1, -0.05) is 36.4 Å². The van der Waals surface area contributed by atoms with Gasteiger partial charge in [0, 0.05) is 36.5 Å². The minimum atomic E-state index is -5.88. The zero-order valence-corrected chi connectivity index (χ0v) is 21.6. The van der Waals surface area contributed by atoms with E-state index in [2.05, 4.69) is 0 Å². The maximum atomic E-state index is 14.1. The molecule has 42 heavy (non-hydrogen) atoms. The van der Waals surface area contributed by atoms with Gasteiger partial charge in [0.1, 0.15) is 11.5 Å². The first-order chi connectivity index (χ1) is 19.5. The van der Waals surface area contributed by atoms with E-state index in [-0.39, 0.29) is 57.8 Å². The topological polar surface area (TPSA) is 36.9 Å². The highest BCUT2D eigenvalue weighted by atomic mass is 19.4. The van der Waals surface area contributed by atoms with Crippen molar-refractivity contribution in [2.75, 3.05) is 27.8 Å². The molecule has 4 nitrogen and oxygen atoms in total. The largest absolute Gasteiger partial charge is 0.467 e. The lowest BCUT2D eigenvalue weighted by Crippen LogP contribution is -2.33. The number of halogens is 10. The molecule has 0 bridgehead atoms. The lowest BCUT2D eigenvalue weighted by molar-refractivity contribution is -0.289. The predicted octanol–water partition coefficient (Wildman–Crippen LogP) is 8.93. The van der Waals surface area contributed by atoms with E-state index >= 15 is 0 Å². The number of methoxy groups -OCH3 is 2. The summed E-state index contributed by atoms with van der Waals surface area (Å²) in [7, 11) is 2.58. The van der Waals surface area contributed by atoms with Crippen LogP contribution in [-0.2, 0) is 21.3 Å². The van der Waals surface area contributed by atoms with Crippen molar-refractivity contribution >= 4 is 21.5 Å². The van der Waals surface area contributed by atoms with E-state index < -0.39 is 35.3 Å². The smallest absolute Gasteiger partial charge is 0.458 e. The molecule has 0 saturated heterocycles. The van der Waals surface area contributed by atoms with Crippen LogP contribution in [0.25, 0.3) is 32.7 Å². The fraction of sp³-hybridized carbons (Fsp3) is 0.286. The van der Waals surface area contributed by atoms with Crippen molar-refractivity contribution in [2.45, 2.75) is 24.2 Å². The van der Waals surface area contributed by atoms with Crippen LogP contribution in [0.1, 0.15) is 11.1 Å². The Balaban J connectivity index is 2.06. The predicted molar refractivity (Wildman–Crippen MR) is 132 cm³/mol. The summed E-state index contributed by atoms with van der Waals surface area (Å²) in [6.07, 6.45) is -11.8. The van der Waals surface area contributed by atoms with E-state index in [1.54, 1.807) is 0 Å². The first kappa shape index (κ1) is 31.2. The van der Waals surface area contributed by atoms with Gasteiger partial charge >= 0.3 is 24.2 Å². The molecule has 0 fully saturated rings. The molecule has 0 aromatic heterocycles. The van der Waals surface area contributed by atoms with Crippen LogP contribution in [-0.4, -0.2) is 40.2 Å². The Kier molecular flexibility index (Phi) is 8.26. The third-order valence-corrected chi connectivity index (χ3v) is 6.31. The van der Waals surface area contributed by atoms with Gasteiger partial charge in [0.25, 0.3) is 0 Å². The Bertz CT molecular complexity index is 1480. The monoisotopic (exact) mass is 610 g/mol. The molecule has 14 heteroatoms. The molecule has 0 aliphatic heterocycles. The second kappa shape index (κ2) is 11.1. The molecule has 0 saturated carbocycles. The van der Waals surface area contributed by atoms with E-state index in [0.29, 0.717) is 24.3 Å². The maximum absolute atomic E-state index is 14.1. The Labute approximate surface area is 231 Å². The van der Waals surface area contributed by atoms with Crippen LogP contribution in [0.2, 0.25) is 0 Å². The molecule has 4 rings (SSSR count). The van der Waals surface area contributed by atoms with E-state index in [9.17, 15) is 43.9 Å². The zero-order chi connectivity index (χ0) is 31.1. The van der Waals surface area contributed by atoms with Gasteiger partial charge in [0.05, 0.1) is 0 Å². The summed E-state index contributed by atoms with van der Waals surface area (Å²) < 4.78 is 156. The van der Waals surface area contributed by atoms with Crippen molar-refractivity contribution < 1.29 is 62.9 Å². The highest BCUT2D eigenvalue weighted by Gasteiger charge is 2.59. The average molecular weight is 610 g/mol. The third-order valence-electron chi connectivity index (χ3n) is 6.31. The number of alkyl halides is 10. The number of hydrogen-bond acceptors (Lipinski definition) is 4. The molecule has 0 unspecified atom stereocenters. The summed E-state index contributed by atoms with van der Waals surface area (Å²) in [5.74, 6) is -10.3. The average Bonchev–Trinajstić information content (AvgIpc) is 2.92. The minimum Gasteiger partial charge on any atom is -0.467 e. The van der Waals surface area contributed by atoms with Crippen molar-refractivity contribution in [3.05, 3.63) is 71.8 Å². The van der Waals surface area contributed by atoms with Gasteiger partial charge in [-0.15, -0.1) is 0 Å². The van der Waals surface area contributed by atoms with Crippen LogP contribution in [0.4, 0.5) is 43.9 Å². The molecule has 0 radical (unpaired) electrons. The molecular weight excluding hydrogens is 590 g/mol.